The second kappa shape index (κ2) is 12.1. The Bertz CT molecular complexity index is 616. The Balaban J connectivity index is 5.24. The molecule has 0 bridgehead atoms. The van der Waals surface area contributed by atoms with Gasteiger partial charge >= 0.3 is 0 Å². The summed E-state index contributed by atoms with van der Waals surface area (Å²) in [6.07, 6.45) is 2.92. The number of hydrogen-bond donors (Lipinski definition) is 2. The molecule has 2 N–H and O–H groups in total. The SMILES string of the molecule is CC/C=C(C)/C=C(\C)[C@@H](O)[C@@H](C)C(=O)[C@H](C)C(=O)[C@@H](C)[C@@H](O)[C@@H](C)C(=O)CC. The lowest BCUT2D eigenvalue weighted by atomic mass is 9.79. The molecule has 0 amide bonds. The van der Waals surface area contributed by atoms with E-state index in [0.717, 1.165) is 12.0 Å². The Hall–Kier alpha value is -1.59. The zero-order valence-corrected chi connectivity index (χ0v) is 18.7. The van der Waals surface area contributed by atoms with Crippen molar-refractivity contribution < 1.29 is 24.6 Å². The topological polar surface area (TPSA) is 91.7 Å². The number of allylic oxidation sites excluding steroid dienone is 3. The third kappa shape index (κ3) is 7.10. The lowest BCUT2D eigenvalue weighted by Gasteiger charge is -2.27. The maximum atomic E-state index is 12.8. The second-order valence-electron chi connectivity index (χ2n) is 7.89. The van der Waals surface area contributed by atoms with Crippen LogP contribution in [0.2, 0.25) is 0 Å². The highest BCUT2D eigenvalue weighted by Gasteiger charge is 2.37. The van der Waals surface area contributed by atoms with E-state index in [-0.39, 0.29) is 18.0 Å². The van der Waals surface area contributed by atoms with Crippen LogP contribution in [-0.2, 0) is 14.4 Å². The minimum absolute atomic E-state index is 0.119. The molecule has 0 aromatic carbocycles. The van der Waals surface area contributed by atoms with Crippen molar-refractivity contribution in [3.05, 3.63) is 23.3 Å². The van der Waals surface area contributed by atoms with Crippen LogP contribution in [-0.4, -0.2) is 39.8 Å². The van der Waals surface area contributed by atoms with Gasteiger partial charge in [0, 0.05) is 24.2 Å². The highest BCUT2D eigenvalue weighted by Crippen LogP contribution is 2.24. The predicted octanol–water partition coefficient (Wildman–Crippen LogP) is 3.67. The Morgan fingerprint density at radius 2 is 1.36 bits per heavy atom. The first-order chi connectivity index (χ1) is 12.9. The van der Waals surface area contributed by atoms with Crippen LogP contribution in [0.4, 0.5) is 0 Å². The summed E-state index contributed by atoms with van der Waals surface area (Å²) < 4.78 is 0. The van der Waals surface area contributed by atoms with Crippen molar-refractivity contribution in [1.82, 2.24) is 0 Å². The lowest BCUT2D eigenvalue weighted by Crippen LogP contribution is -2.41. The van der Waals surface area contributed by atoms with Gasteiger partial charge in [0.25, 0.3) is 0 Å². The van der Waals surface area contributed by atoms with Gasteiger partial charge in [0.2, 0.25) is 0 Å². The zero-order chi connectivity index (χ0) is 22.2. The fourth-order valence-electron chi connectivity index (χ4n) is 3.42. The molecule has 0 fully saturated rings. The normalized spacial score (nSPS) is 19.4. The number of ketones is 3. The van der Waals surface area contributed by atoms with Gasteiger partial charge in [0.15, 0.2) is 0 Å². The molecule has 6 atom stereocenters. The Morgan fingerprint density at radius 3 is 1.82 bits per heavy atom. The first kappa shape index (κ1) is 26.4. The van der Waals surface area contributed by atoms with Crippen molar-refractivity contribution in [2.24, 2.45) is 23.7 Å². The monoisotopic (exact) mass is 394 g/mol. The molecule has 0 aromatic rings. The van der Waals surface area contributed by atoms with E-state index in [4.69, 9.17) is 0 Å². The third-order valence-electron chi connectivity index (χ3n) is 5.55. The van der Waals surface area contributed by atoms with Crippen LogP contribution in [0, 0.1) is 23.7 Å². The molecule has 0 heterocycles. The summed E-state index contributed by atoms with van der Waals surface area (Å²) >= 11 is 0. The van der Waals surface area contributed by atoms with Crippen LogP contribution < -0.4 is 0 Å². The van der Waals surface area contributed by atoms with Crippen LogP contribution in [0.1, 0.15) is 68.2 Å². The summed E-state index contributed by atoms with van der Waals surface area (Å²) in [6.45, 7) is 13.7. The molecular formula is C23H38O5. The van der Waals surface area contributed by atoms with Crippen molar-refractivity contribution in [3.63, 3.8) is 0 Å². The van der Waals surface area contributed by atoms with E-state index in [1.165, 1.54) is 6.92 Å². The van der Waals surface area contributed by atoms with Crippen molar-refractivity contribution in [2.45, 2.75) is 80.4 Å². The molecule has 0 saturated carbocycles. The van der Waals surface area contributed by atoms with Gasteiger partial charge in [0.1, 0.15) is 17.3 Å². The molecule has 5 nitrogen and oxygen atoms in total. The molecule has 0 rings (SSSR count). The molecule has 28 heavy (non-hydrogen) atoms. The van der Waals surface area contributed by atoms with Crippen LogP contribution in [0.5, 0.6) is 0 Å². The fraction of sp³-hybridized carbons (Fsp3) is 0.696. The highest BCUT2D eigenvalue weighted by molar-refractivity contribution is 6.04. The molecule has 0 spiro atoms. The summed E-state index contributed by atoms with van der Waals surface area (Å²) in [7, 11) is 0. The average Bonchev–Trinajstić information content (AvgIpc) is 2.68. The Morgan fingerprint density at radius 1 is 0.857 bits per heavy atom. The highest BCUT2D eigenvalue weighted by atomic mass is 16.3. The van der Waals surface area contributed by atoms with Gasteiger partial charge < -0.3 is 10.2 Å². The van der Waals surface area contributed by atoms with Gasteiger partial charge in [-0.2, -0.15) is 0 Å². The standard InChI is InChI=1S/C23H38O5/c1-9-11-13(3)12-14(4)20(25)16(6)22(27)18(8)23(28)17(7)21(26)15(5)19(24)10-2/h11-12,15-18,20-21,25-26H,9-10H2,1-8H3/b13-11+,14-12+/t15-,16+,17-,18-,20+,21-/m0/s1. The van der Waals surface area contributed by atoms with Crippen LogP contribution >= 0.6 is 0 Å². The first-order valence-corrected chi connectivity index (χ1v) is 10.2. The summed E-state index contributed by atoms with van der Waals surface area (Å²) in [4.78, 5) is 37.3. The van der Waals surface area contributed by atoms with Crippen molar-refractivity contribution in [3.8, 4) is 0 Å². The van der Waals surface area contributed by atoms with Crippen molar-refractivity contribution in [1.29, 1.82) is 0 Å². The van der Waals surface area contributed by atoms with Gasteiger partial charge in [-0.15, -0.1) is 0 Å². The van der Waals surface area contributed by atoms with Gasteiger partial charge in [0.05, 0.1) is 18.1 Å². The molecule has 0 saturated heterocycles. The molecule has 0 aliphatic carbocycles. The summed E-state index contributed by atoms with van der Waals surface area (Å²) in [6, 6.07) is 0. The number of Topliss-reactive ketones (excluding diaryl/α,β-unsaturated/α-hetero) is 3. The number of hydrogen-bond acceptors (Lipinski definition) is 5. The first-order valence-electron chi connectivity index (χ1n) is 10.2. The minimum atomic E-state index is -1.13. The molecule has 0 unspecified atom stereocenters. The van der Waals surface area contributed by atoms with Gasteiger partial charge in [-0.25, -0.2) is 0 Å². The maximum Gasteiger partial charge on any atom is 0.148 e. The van der Waals surface area contributed by atoms with E-state index in [1.54, 1.807) is 34.6 Å². The van der Waals surface area contributed by atoms with E-state index >= 15 is 0 Å². The Kier molecular flexibility index (Phi) is 11.4. The summed E-state index contributed by atoms with van der Waals surface area (Å²) in [5.41, 5.74) is 1.67. The van der Waals surface area contributed by atoms with E-state index in [2.05, 4.69) is 0 Å². The van der Waals surface area contributed by atoms with Crippen molar-refractivity contribution in [2.75, 3.05) is 0 Å². The second-order valence-corrected chi connectivity index (χ2v) is 7.89. The molecule has 0 radical (unpaired) electrons. The number of carbonyl (C=O) groups excluding carboxylic acids is 3. The zero-order valence-electron chi connectivity index (χ0n) is 18.7. The van der Waals surface area contributed by atoms with Crippen molar-refractivity contribution >= 4 is 17.3 Å². The molecule has 160 valence electrons. The molecule has 0 aliphatic heterocycles. The number of aliphatic hydroxyl groups is 2. The Labute approximate surface area is 169 Å². The number of aliphatic hydroxyl groups excluding tert-OH is 2. The number of carbonyl (C=O) groups is 3. The lowest BCUT2D eigenvalue weighted by molar-refractivity contribution is -0.140. The van der Waals surface area contributed by atoms with Crippen LogP contribution in [0.25, 0.3) is 0 Å². The molecule has 0 aromatic heterocycles. The van der Waals surface area contributed by atoms with Crippen LogP contribution in [0.3, 0.4) is 0 Å². The smallest absolute Gasteiger partial charge is 0.148 e. The molecular weight excluding hydrogens is 356 g/mol. The molecule has 0 aliphatic rings. The van der Waals surface area contributed by atoms with E-state index in [9.17, 15) is 24.6 Å². The number of rotatable bonds is 12. The fourth-order valence-corrected chi connectivity index (χ4v) is 3.42. The van der Waals surface area contributed by atoms with Gasteiger partial charge in [-0.1, -0.05) is 52.3 Å². The van der Waals surface area contributed by atoms with E-state index in [0.29, 0.717) is 5.57 Å². The average molecular weight is 395 g/mol. The minimum Gasteiger partial charge on any atom is -0.392 e. The van der Waals surface area contributed by atoms with Gasteiger partial charge in [-0.3, -0.25) is 14.4 Å². The molecule has 5 heteroatoms. The third-order valence-corrected chi connectivity index (χ3v) is 5.55. The maximum absolute atomic E-state index is 12.8. The quantitative estimate of drug-likeness (QED) is 0.389. The van der Waals surface area contributed by atoms with Gasteiger partial charge in [-0.05, 0) is 32.8 Å². The summed E-state index contributed by atoms with van der Waals surface area (Å²) in [5.74, 6) is -4.09. The van der Waals surface area contributed by atoms with E-state index in [1.807, 2.05) is 26.0 Å². The van der Waals surface area contributed by atoms with Crippen LogP contribution in [0.15, 0.2) is 23.3 Å². The van der Waals surface area contributed by atoms with E-state index < -0.39 is 41.7 Å². The predicted molar refractivity (Wildman–Crippen MR) is 112 cm³/mol. The largest absolute Gasteiger partial charge is 0.392 e. The summed E-state index contributed by atoms with van der Waals surface area (Å²) in [5, 5.41) is 20.9.